The molecule has 0 aliphatic carbocycles. The van der Waals surface area contributed by atoms with Crippen LogP contribution in [0.4, 0.5) is 8.78 Å². The van der Waals surface area contributed by atoms with Gasteiger partial charge in [-0.15, -0.1) is 12.4 Å². The van der Waals surface area contributed by atoms with Crippen molar-refractivity contribution in [2.75, 3.05) is 19.6 Å². The lowest BCUT2D eigenvalue weighted by atomic mass is 9.99. The van der Waals surface area contributed by atoms with E-state index in [1.165, 1.54) is 24.3 Å². The highest BCUT2D eigenvalue weighted by atomic mass is 35.5. The number of ether oxygens (including phenoxy) is 1. The smallest absolute Gasteiger partial charge is 0.303 e. The Balaban J connectivity index is 0.00000341. The molecule has 0 aromatic heterocycles. The number of carboxylic acids is 1. The first-order valence-electron chi connectivity index (χ1n) is 10.6. The van der Waals surface area contributed by atoms with E-state index in [0.29, 0.717) is 0 Å². The molecule has 0 spiro atoms. The van der Waals surface area contributed by atoms with Crippen molar-refractivity contribution in [2.45, 2.75) is 50.7 Å². The molecule has 7 heteroatoms. The molecule has 0 saturated carbocycles. The molecule has 0 unspecified atom stereocenters. The summed E-state index contributed by atoms with van der Waals surface area (Å²) < 4.78 is 33.2. The van der Waals surface area contributed by atoms with Gasteiger partial charge in [0, 0.05) is 19.5 Å². The molecule has 170 valence electrons. The zero-order chi connectivity index (χ0) is 21.3. The summed E-state index contributed by atoms with van der Waals surface area (Å²) in [7, 11) is 0. The summed E-state index contributed by atoms with van der Waals surface area (Å²) in [6.07, 6.45) is 4.41. The van der Waals surface area contributed by atoms with Gasteiger partial charge in [0.2, 0.25) is 0 Å². The Morgan fingerprint density at radius 3 is 1.94 bits per heavy atom. The molecule has 1 aliphatic rings. The van der Waals surface area contributed by atoms with Gasteiger partial charge in [-0.2, -0.15) is 0 Å². The van der Waals surface area contributed by atoms with Crippen LogP contribution in [0.5, 0.6) is 0 Å². The number of hydrogen-bond acceptors (Lipinski definition) is 3. The van der Waals surface area contributed by atoms with Crippen molar-refractivity contribution in [3.05, 3.63) is 71.3 Å². The molecule has 0 radical (unpaired) electrons. The van der Waals surface area contributed by atoms with Crippen LogP contribution in [0.1, 0.15) is 55.8 Å². The average molecular weight is 454 g/mol. The summed E-state index contributed by atoms with van der Waals surface area (Å²) in [5.41, 5.74) is 1.70. The van der Waals surface area contributed by atoms with E-state index in [4.69, 9.17) is 9.84 Å². The minimum absolute atomic E-state index is 0. The summed E-state index contributed by atoms with van der Waals surface area (Å²) in [6.45, 7) is 2.85. The number of piperidine rings is 1. The van der Waals surface area contributed by atoms with Gasteiger partial charge in [0.15, 0.2) is 0 Å². The van der Waals surface area contributed by atoms with Crippen LogP contribution in [-0.2, 0) is 9.53 Å². The first-order valence-corrected chi connectivity index (χ1v) is 10.6. The SMILES string of the molecule is Cl.O=C(O)CCCCCN1CCC(OC(c2ccc(F)cc2)c2ccc(F)cc2)CC1. The summed E-state index contributed by atoms with van der Waals surface area (Å²) >= 11 is 0. The predicted molar refractivity (Wildman–Crippen MR) is 119 cm³/mol. The van der Waals surface area contributed by atoms with Crippen LogP contribution < -0.4 is 0 Å². The van der Waals surface area contributed by atoms with Gasteiger partial charge in [0.05, 0.1) is 6.10 Å². The van der Waals surface area contributed by atoms with Gasteiger partial charge in [-0.25, -0.2) is 8.78 Å². The van der Waals surface area contributed by atoms with Gasteiger partial charge in [0.1, 0.15) is 17.7 Å². The Labute approximate surface area is 188 Å². The molecule has 2 aromatic rings. The standard InChI is InChI=1S/C24H29F2NO3.ClH/c25-20-9-5-18(6-10-20)24(19-7-11-21(26)12-8-19)30-22-13-16-27(17-14-22)15-3-1-2-4-23(28)29;/h5-12,22,24H,1-4,13-17H2,(H,28,29);1H. The fraction of sp³-hybridized carbons (Fsp3) is 0.458. The number of carbonyl (C=O) groups is 1. The van der Waals surface area contributed by atoms with Gasteiger partial charge in [-0.3, -0.25) is 4.79 Å². The van der Waals surface area contributed by atoms with Crippen LogP contribution in [0.15, 0.2) is 48.5 Å². The second-order valence-corrected chi connectivity index (χ2v) is 7.86. The highest BCUT2D eigenvalue weighted by Gasteiger charge is 2.24. The van der Waals surface area contributed by atoms with Gasteiger partial charge >= 0.3 is 5.97 Å². The number of nitrogens with zero attached hydrogens (tertiary/aromatic N) is 1. The third kappa shape index (κ3) is 8.20. The van der Waals surface area contributed by atoms with Crippen molar-refractivity contribution in [2.24, 2.45) is 0 Å². The van der Waals surface area contributed by atoms with Gasteiger partial charge in [-0.05, 0) is 67.6 Å². The number of likely N-dealkylation sites (tertiary alicyclic amines) is 1. The number of carboxylic acid groups (broad SMARTS) is 1. The van der Waals surface area contributed by atoms with Crippen molar-refractivity contribution in [3.63, 3.8) is 0 Å². The van der Waals surface area contributed by atoms with E-state index < -0.39 is 5.97 Å². The normalized spacial score (nSPS) is 15.1. The van der Waals surface area contributed by atoms with Gasteiger partial charge in [-0.1, -0.05) is 30.7 Å². The van der Waals surface area contributed by atoms with Crippen molar-refractivity contribution in [1.29, 1.82) is 0 Å². The molecule has 0 atom stereocenters. The monoisotopic (exact) mass is 453 g/mol. The number of hydrogen-bond donors (Lipinski definition) is 1. The topological polar surface area (TPSA) is 49.8 Å². The molecule has 31 heavy (non-hydrogen) atoms. The molecule has 2 aromatic carbocycles. The Morgan fingerprint density at radius 2 is 1.45 bits per heavy atom. The lowest BCUT2D eigenvalue weighted by molar-refractivity contribution is -0.137. The molecule has 3 rings (SSSR count). The number of benzene rings is 2. The third-order valence-electron chi connectivity index (χ3n) is 5.57. The molecule has 0 amide bonds. The van der Waals surface area contributed by atoms with E-state index in [9.17, 15) is 13.6 Å². The van der Waals surface area contributed by atoms with Crippen molar-refractivity contribution in [3.8, 4) is 0 Å². The first-order chi connectivity index (χ1) is 14.5. The van der Waals surface area contributed by atoms with Crippen LogP contribution in [0, 0.1) is 11.6 Å². The lowest BCUT2D eigenvalue weighted by Crippen LogP contribution is -2.38. The van der Waals surface area contributed by atoms with Crippen LogP contribution in [0.2, 0.25) is 0 Å². The zero-order valence-corrected chi connectivity index (χ0v) is 18.3. The Kier molecular flexibility index (Phi) is 10.4. The minimum Gasteiger partial charge on any atom is -0.481 e. The highest BCUT2D eigenvalue weighted by Crippen LogP contribution is 2.30. The molecular weight excluding hydrogens is 424 g/mol. The lowest BCUT2D eigenvalue weighted by Gasteiger charge is -2.34. The molecule has 1 heterocycles. The van der Waals surface area contributed by atoms with E-state index >= 15 is 0 Å². The van der Waals surface area contributed by atoms with E-state index in [1.54, 1.807) is 24.3 Å². The van der Waals surface area contributed by atoms with E-state index in [-0.39, 0.29) is 42.7 Å². The zero-order valence-electron chi connectivity index (χ0n) is 17.5. The fourth-order valence-electron chi connectivity index (χ4n) is 3.87. The Hall–Kier alpha value is -2.02. The fourth-order valence-corrected chi connectivity index (χ4v) is 3.87. The maximum absolute atomic E-state index is 13.4. The quantitative estimate of drug-likeness (QED) is 0.475. The van der Waals surface area contributed by atoms with Crippen molar-refractivity contribution in [1.82, 2.24) is 4.90 Å². The van der Waals surface area contributed by atoms with E-state index in [1.807, 2.05) is 0 Å². The number of aliphatic carboxylic acids is 1. The van der Waals surface area contributed by atoms with Crippen LogP contribution in [0.3, 0.4) is 0 Å². The Morgan fingerprint density at radius 1 is 0.935 bits per heavy atom. The Bertz CT molecular complexity index is 748. The number of unbranched alkanes of at least 4 members (excludes halogenated alkanes) is 2. The molecule has 1 saturated heterocycles. The molecule has 4 nitrogen and oxygen atoms in total. The van der Waals surface area contributed by atoms with E-state index in [2.05, 4.69) is 4.90 Å². The van der Waals surface area contributed by atoms with Crippen LogP contribution in [0.25, 0.3) is 0 Å². The molecule has 1 fully saturated rings. The second kappa shape index (κ2) is 12.7. The number of halogens is 3. The summed E-state index contributed by atoms with van der Waals surface area (Å²) in [6, 6.07) is 12.5. The third-order valence-corrected chi connectivity index (χ3v) is 5.57. The average Bonchev–Trinajstić information content (AvgIpc) is 2.74. The predicted octanol–water partition coefficient (Wildman–Crippen LogP) is 5.60. The van der Waals surface area contributed by atoms with E-state index in [0.717, 1.165) is 62.9 Å². The van der Waals surface area contributed by atoms with Crippen LogP contribution >= 0.6 is 12.4 Å². The first kappa shape index (κ1) is 25.2. The molecule has 1 N–H and O–H groups in total. The maximum atomic E-state index is 13.4. The van der Waals surface area contributed by atoms with Crippen molar-refractivity contribution < 1.29 is 23.4 Å². The van der Waals surface area contributed by atoms with Gasteiger partial charge < -0.3 is 14.7 Å². The number of rotatable bonds is 10. The molecule has 1 aliphatic heterocycles. The second-order valence-electron chi connectivity index (χ2n) is 7.86. The summed E-state index contributed by atoms with van der Waals surface area (Å²) in [5, 5.41) is 8.69. The summed E-state index contributed by atoms with van der Waals surface area (Å²) in [4.78, 5) is 13.0. The maximum Gasteiger partial charge on any atom is 0.303 e. The van der Waals surface area contributed by atoms with Crippen molar-refractivity contribution >= 4 is 18.4 Å². The minimum atomic E-state index is -0.732. The highest BCUT2D eigenvalue weighted by molar-refractivity contribution is 5.85. The largest absolute Gasteiger partial charge is 0.481 e. The van der Waals surface area contributed by atoms with Gasteiger partial charge in [0.25, 0.3) is 0 Å². The van der Waals surface area contributed by atoms with Crippen LogP contribution in [-0.4, -0.2) is 41.7 Å². The summed E-state index contributed by atoms with van der Waals surface area (Å²) in [5.74, 6) is -1.33. The molecule has 0 bridgehead atoms. The molecular formula is C24H30ClF2NO3.